The first-order chi connectivity index (χ1) is 14.0. The predicted octanol–water partition coefficient (Wildman–Crippen LogP) is 3.64. The van der Waals surface area contributed by atoms with E-state index in [2.05, 4.69) is 65.6 Å². The fourth-order valence-electron chi connectivity index (χ4n) is 4.12. The Labute approximate surface area is 172 Å². The lowest BCUT2D eigenvalue weighted by Gasteiger charge is -2.21. The molecule has 29 heavy (non-hydrogen) atoms. The molecule has 1 N–H and O–H groups in total. The molecule has 2 unspecified atom stereocenters. The summed E-state index contributed by atoms with van der Waals surface area (Å²) in [5.41, 5.74) is 3.97. The van der Waals surface area contributed by atoms with Gasteiger partial charge in [0, 0.05) is 39.0 Å². The van der Waals surface area contributed by atoms with Crippen LogP contribution < -0.4 is 5.32 Å². The smallest absolute Gasteiger partial charge is 0.269 e. The molecule has 152 valence electrons. The molecule has 5 nitrogen and oxygen atoms in total. The second kappa shape index (κ2) is 8.37. The number of nitrogens with one attached hydrogen (secondary N) is 1. The molecule has 2 atom stereocenters. The van der Waals surface area contributed by atoms with Crippen LogP contribution in [0.15, 0.2) is 59.8 Å². The molecule has 0 radical (unpaired) electrons. The topological polar surface area (TPSA) is 53.9 Å². The third-order valence-corrected chi connectivity index (χ3v) is 5.96. The lowest BCUT2D eigenvalue weighted by molar-refractivity contribution is -0.115. The standard InChI is InChI=1S/C24H29N3O2/c1-18-8-10-20(11-9-18)16-27-13-12-24(17-27)14-22(26-29-24)23(28)25-15-19(2)21-6-4-3-5-7-21/h3-11,19H,12-17H2,1-2H3,(H,25,28). The van der Waals surface area contributed by atoms with Crippen LogP contribution in [0.25, 0.3) is 0 Å². The second-order valence-corrected chi connectivity index (χ2v) is 8.46. The van der Waals surface area contributed by atoms with Crippen molar-refractivity contribution in [1.82, 2.24) is 10.2 Å². The Kier molecular flexibility index (Phi) is 5.67. The van der Waals surface area contributed by atoms with E-state index in [9.17, 15) is 4.79 Å². The van der Waals surface area contributed by atoms with Gasteiger partial charge in [-0.25, -0.2) is 0 Å². The zero-order valence-corrected chi connectivity index (χ0v) is 17.2. The molecule has 1 spiro atoms. The molecule has 2 aliphatic heterocycles. The van der Waals surface area contributed by atoms with E-state index >= 15 is 0 Å². The molecule has 2 aromatic rings. The normalized spacial score (nSPS) is 22.3. The monoisotopic (exact) mass is 391 g/mol. The van der Waals surface area contributed by atoms with Crippen LogP contribution in [0.3, 0.4) is 0 Å². The van der Waals surface area contributed by atoms with Crippen LogP contribution in [0.4, 0.5) is 0 Å². The summed E-state index contributed by atoms with van der Waals surface area (Å²) in [6.45, 7) is 7.48. The molecular weight excluding hydrogens is 362 g/mol. The molecule has 4 rings (SSSR count). The number of amides is 1. The Hall–Kier alpha value is -2.66. The third kappa shape index (κ3) is 4.67. The summed E-state index contributed by atoms with van der Waals surface area (Å²) in [7, 11) is 0. The number of hydrogen-bond donors (Lipinski definition) is 1. The zero-order valence-electron chi connectivity index (χ0n) is 17.2. The fourth-order valence-corrected chi connectivity index (χ4v) is 4.12. The number of benzene rings is 2. The van der Waals surface area contributed by atoms with Crippen LogP contribution in [-0.2, 0) is 16.2 Å². The summed E-state index contributed by atoms with van der Waals surface area (Å²) >= 11 is 0. The lowest BCUT2D eigenvalue weighted by atomic mass is 9.96. The van der Waals surface area contributed by atoms with Gasteiger partial charge in [0.25, 0.3) is 5.91 Å². The first kappa shape index (κ1) is 19.6. The number of oxime groups is 1. The van der Waals surface area contributed by atoms with Gasteiger partial charge in [0.15, 0.2) is 5.60 Å². The molecule has 1 amide bonds. The van der Waals surface area contributed by atoms with Gasteiger partial charge in [-0.3, -0.25) is 9.69 Å². The molecule has 1 saturated heterocycles. The minimum atomic E-state index is -0.345. The molecule has 5 heteroatoms. The van der Waals surface area contributed by atoms with E-state index in [-0.39, 0.29) is 17.4 Å². The average molecular weight is 392 g/mol. The number of rotatable bonds is 6. The van der Waals surface area contributed by atoms with Crippen molar-refractivity contribution in [2.75, 3.05) is 19.6 Å². The maximum Gasteiger partial charge on any atom is 0.269 e. The van der Waals surface area contributed by atoms with Gasteiger partial charge < -0.3 is 10.2 Å². The molecular formula is C24H29N3O2. The summed E-state index contributed by atoms with van der Waals surface area (Å²) < 4.78 is 0. The van der Waals surface area contributed by atoms with Crippen molar-refractivity contribution >= 4 is 11.6 Å². The Bertz CT molecular complexity index is 879. The zero-order chi connectivity index (χ0) is 20.3. The first-order valence-corrected chi connectivity index (χ1v) is 10.4. The van der Waals surface area contributed by atoms with Gasteiger partial charge in [-0.2, -0.15) is 0 Å². The van der Waals surface area contributed by atoms with Crippen molar-refractivity contribution in [3.05, 3.63) is 71.3 Å². The van der Waals surface area contributed by atoms with Crippen LogP contribution in [0.1, 0.15) is 42.4 Å². The van der Waals surface area contributed by atoms with E-state index in [1.807, 2.05) is 18.2 Å². The quantitative estimate of drug-likeness (QED) is 0.818. The Morgan fingerprint density at radius 3 is 2.72 bits per heavy atom. The van der Waals surface area contributed by atoms with Gasteiger partial charge >= 0.3 is 0 Å². The van der Waals surface area contributed by atoms with Crippen LogP contribution in [0, 0.1) is 6.92 Å². The number of aryl methyl sites for hydroxylation is 1. The molecule has 2 aromatic carbocycles. The number of likely N-dealkylation sites (tertiary alicyclic amines) is 1. The van der Waals surface area contributed by atoms with E-state index in [0.717, 1.165) is 26.1 Å². The summed E-state index contributed by atoms with van der Waals surface area (Å²) in [4.78, 5) is 20.8. The molecule has 2 heterocycles. The van der Waals surface area contributed by atoms with Crippen LogP contribution in [0.2, 0.25) is 0 Å². The molecule has 2 aliphatic rings. The van der Waals surface area contributed by atoms with Crippen molar-refractivity contribution in [1.29, 1.82) is 0 Å². The first-order valence-electron chi connectivity index (χ1n) is 10.4. The minimum Gasteiger partial charge on any atom is -0.387 e. The molecule has 0 saturated carbocycles. The summed E-state index contributed by atoms with van der Waals surface area (Å²) in [6.07, 6.45) is 1.49. The van der Waals surface area contributed by atoms with Gasteiger partial charge in [0.2, 0.25) is 0 Å². The van der Waals surface area contributed by atoms with Crippen LogP contribution in [-0.4, -0.2) is 41.8 Å². The van der Waals surface area contributed by atoms with Gasteiger partial charge in [-0.1, -0.05) is 72.2 Å². The lowest BCUT2D eigenvalue weighted by Crippen LogP contribution is -2.37. The largest absolute Gasteiger partial charge is 0.387 e. The van der Waals surface area contributed by atoms with E-state index in [0.29, 0.717) is 18.7 Å². The highest BCUT2D eigenvalue weighted by atomic mass is 16.7. The second-order valence-electron chi connectivity index (χ2n) is 8.46. The highest BCUT2D eigenvalue weighted by Crippen LogP contribution is 2.34. The highest BCUT2D eigenvalue weighted by molar-refractivity contribution is 6.39. The van der Waals surface area contributed by atoms with E-state index in [1.165, 1.54) is 16.7 Å². The van der Waals surface area contributed by atoms with Crippen LogP contribution >= 0.6 is 0 Å². The maximum atomic E-state index is 12.6. The van der Waals surface area contributed by atoms with Gasteiger partial charge in [-0.15, -0.1) is 0 Å². The minimum absolute atomic E-state index is 0.110. The van der Waals surface area contributed by atoms with E-state index in [1.54, 1.807) is 0 Å². The van der Waals surface area contributed by atoms with E-state index < -0.39 is 0 Å². The summed E-state index contributed by atoms with van der Waals surface area (Å²) in [5.74, 6) is 0.148. The number of nitrogens with zero attached hydrogens (tertiary/aromatic N) is 2. The van der Waals surface area contributed by atoms with Gasteiger partial charge in [0.1, 0.15) is 5.71 Å². The van der Waals surface area contributed by atoms with Crippen molar-refractivity contribution in [3.8, 4) is 0 Å². The van der Waals surface area contributed by atoms with E-state index in [4.69, 9.17) is 4.84 Å². The summed E-state index contributed by atoms with van der Waals surface area (Å²) in [6, 6.07) is 18.9. The van der Waals surface area contributed by atoms with Crippen molar-refractivity contribution in [3.63, 3.8) is 0 Å². The van der Waals surface area contributed by atoms with Crippen molar-refractivity contribution < 1.29 is 9.63 Å². The highest BCUT2D eigenvalue weighted by Gasteiger charge is 2.46. The SMILES string of the molecule is Cc1ccc(CN2CCC3(CC(C(=O)NCC(C)c4ccccc4)=NO3)C2)cc1. The average Bonchev–Trinajstić information content (AvgIpc) is 3.35. The number of hydrogen-bond acceptors (Lipinski definition) is 4. The number of carbonyl (C=O) groups excluding carboxylic acids is 1. The molecule has 0 aliphatic carbocycles. The van der Waals surface area contributed by atoms with Gasteiger partial charge in [0.05, 0.1) is 0 Å². The molecule has 0 bridgehead atoms. The molecule has 1 fully saturated rings. The van der Waals surface area contributed by atoms with Gasteiger partial charge in [-0.05, 0) is 24.0 Å². The number of carbonyl (C=O) groups is 1. The Morgan fingerprint density at radius 2 is 1.97 bits per heavy atom. The Morgan fingerprint density at radius 1 is 1.21 bits per heavy atom. The van der Waals surface area contributed by atoms with Crippen molar-refractivity contribution in [2.45, 2.75) is 44.8 Å². The third-order valence-electron chi connectivity index (χ3n) is 5.96. The predicted molar refractivity (Wildman–Crippen MR) is 115 cm³/mol. The summed E-state index contributed by atoms with van der Waals surface area (Å²) in [5, 5.41) is 7.17. The fraction of sp³-hybridized carbons (Fsp3) is 0.417. The maximum absolute atomic E-state index is 12.6. The molecule has 0 aromatic heterocycles. The Balaban J connectivity index is 1.27. The van der Waals surface area contributed by atoms with Crippen molar-refractivity contribution in [2.24, 2.45) is 5.16 Å². The van der Waals surface area contributed by atoms with Crippen LogP contribution in [0.5, 0.6) is 0 Å².